The van der Waals surface area contributed by atoms with E-state index in [1.54, 1.807) is 0 Å². The number of hydrogen-bond donors (Lipinski definition) is 1. The average Bonchev–Trinajstić information content (AvgIpc) is 3.22. The minimum atomic E-state index is 0.721. The fourth-order valence-electron chi connectivity index (χ4n) is 2.83. The van der Waals surface area contributed by atoms with Crippen molar-refractivity contribution in [2.75, 3.05) is 25.0 Å². The summed E-state index contributed by atoms with van der Waals surface area (Å²) in [5.41, 5.74) is 2.49. The Balaban J connectivity index is 1.77. The molecule has 3 heteroatoms. The number of anilines is 1. The van der Waals surface area contributed by atoms with Crippen LogP contribution in [0.5, 0.6) is 5.75 Å². The molecule has 2 aliphatic rings. The smallest absolute Gasteiger partial charge is 0.146 e. The molecular weight excluding hydrogens is 236 g/mol. The number of benzene rings is 1. The van der Waals surface area contributed by atoms with Crippen molar-refractivity contribution >= 4 is 5.69 Å². The van der Waals surface area contributed by atoms with E-state index in [2.05, 4.69) is 42.3 Å². The van der Waals surface area contributed by atoms with Gasteiger partial charge in [-0.3, -0.25) is 4.90 Å². The third-order valence-electron chi connectivity index (χ3n) is 3.80. The quantitative estimate of drug-likeness (QED) is 0.880. The second-order valence-electron chi connectivity index (χ2n) is 6.12. The molecule has 0 atom stereocenters. The highest BCUT2D eigenvalue weighted by atomic mass is 16.5. The van der Waals surface area contributed by atoms with Gasteiger partial charge < -0.3 is 10.1 Å². The first-order valence-electron chi connectivity index (χ1n) is 7.46. The third kappa shape index (κ3) is 3.03. The van der Waals surface area contributed by atoms with Gasteiger partial charge in [0, 0.05) is 31.2 Å². The maximum Gasteiger partial charge on any atom is 0.146 e. The largest absolute Gasteiger partial charge is 0.489 e. The summed E-state index contributed by atoms with van der Waals surface area (Å²) in [5, 5.41) is 3.42. The van der Waals surface area contributed by atoms with Crippen LogP contribution in [-0.2, 0) is 6.54 Å². The van der Waals surface area contributed by atoms with Crippen molar-refractivity contribution in [2.24, 2.45) is 5.92 Å². The molecule has 0 unspecified atom stereocenters. The van der Waals surface area contributed by atoms with E-state index in [4.69, 9.17) is 4.74 Å². The molecular formula is C16H24N2O. The molecule has 1 heterocycles. The van der Waals surface area contributed by atoms with Crippen molar-refractivity contribution in [3.05, 3.63) is 23.8 Å². The van der Waals surface area contributed by atoms with E-state index >= 15 is 0 Å². The lowest BCUT2D eigenvalue weighted by molar-refractivity contribution is 0.220. The van der Waals surface area contributed by atoms with E-state index in [0.29, 0.717) is 0 Å². The highest BCUT2D eigenvalue weighted by molar-refractivity contribution is 5.61. The third-order valence-corrected chi connectivity index (χ3v) is 3.80. The van der Waals surface area contributed by atoms with Crippen LogP contribution in [0.3, 0.4) is 0 Å². The van der Waals surface area contributed by atoms with E-state index in [0.717, 1.165) is 43.1 Å². The molecule has 3 rings (SSSR count). The highest BCUT2D eigenvalue weighted by Crippen LogP contribution is 2.35. The van der Waals surface area contributed by atoms with Gasteiger partial charge in [0.1, 0.15) is 12.4 Å². The van der Waals surface area contributed by atoms with Crippen molar-refractivity contribution in [2.45, 2.75) is 39.3 Å². The first-order valence-corrected chi connectivity index (χ1v) is 7.46. The van der Waals surface area contributed by atoms with Gasteiger partial charge in [-0.1, -0.05) is 26.0 Å². The van der Waals surface area contributed by atoms with Gasteiger partial charge in [-0.25, -0.2) is 0 Å². The molecule has 1 N–H and O–H groups in total. The Labute approximate surface area is 115 Å². The summed E-state index contributed by atoms with van der Waals surface area (Å²) in [4.78, 5) is 2.62. The van der Waals surface area contributed by atoms with E-state index < -0.39 is 0 Å². The van der Waals surface area contributed by atoms with Gasteiger partial charge in [-0.05, 0) is 24.8 Å². The van der Waals surface area contributed by atoms with E-state index in [1.165, 1.54) is 24.9 Å². The van der Waals surface area contributed by atoms with Crippen molar-refractivity contribution in [1.29, 1.82) is 0 Å². The normalized spacial score (nSPS) is 18.1. The fourth-order valence-corrected chi connectivity index (χ4v) is 2.83. The molecule has 0 saturated heterocycles. The molecule has 1 aliphatic heterocycles. The lowest BCUT2D eigenvalue weighted by Gasteiger charge is -2.27. The van der Waals surface area contributed by atoms with Crippen LogP contribution in [0.4, 0.5) is 5.69 Å². The second kappa shape index (κ2) is 5.41. The molecule has 3 nitrogen and oxygen atoms in total. The molecule has 1 fully saturated rings. The van der Waals surface area contributed by atoms with Gasteiger partial charge in [-0.2, -0.15) is 0 Å². The number of hydrogen-bond acceptors (Lipinski definition) is 3. The summed E-state index contributed by atoms with van der Waals surface area (Å²) < 4.78 is 5.87. The number of rotatable bonds is 5. The number of para-hydroxylation sites is 1. The number of fused-ring (bicyclic) bond motifs is 1. The Hall–Kier alpha value is -1.22. The Morgan fingerprint density at radius 2 is 2.21 bits per heavy atom. The summed E-state index contributed by atoms with van der Waals surface area (Å²) in [5.74, 6) is 1.79. The summed E-state index contributed by atoms with van der Waals surface area (Å²) in [6, 6.07) is 7.26. The lowest BCUT2D eigenvalue weighted by atomic mass is 10.1. The molecule has 0 radical (unpaired) electrons. The zero-order chi connectivity index (χ0) is 13.2. The molecule has 0 spiro atoms. The SMILES string of the molecule is CC(C)CN(Cc1cccc2c1OCCN2)C1CC1. The Morgan fingerprint density at radius 3 is 2.95 bits per heavy atom. The maximum atomic E-state index is 5.87. The van der Waals surface area contributed by atoms with Crippen LogP contribution < -0.4 is 10.1 Å². The lowest BCUT2D eigenvalue weighted by Crippen LogP contribution is -2.30. The van der Waals surface area contributed by atoms with Gasteiger partial charge in [-0.15, -0.1) is 0 Å². The van der Waals surface area contributed by atoms with Crippen LogP contribution in [0.2, 0.25) is 0 Å². The van der Waals surface area contributed by atoms with Crippen LogP contribution in [0, 0.1) is 5.92 Å². The van der Waals surface area contributed by atoms with Crippen molar-refractivity contribution in [3.8, 4) is 5.75 Å². The van der Waals surface area contributed by atoms with E-state index in [-0.39, 0.29) is 0 Å². The first-order chi connectivity index (χ1) is 9.24. The monoisotopic (exact) mass is 260 g/mol. The van der Waals surface area contributed by atoms with Gasteiger partial charge >= 0.3 is 0 Å². The van der Waals surface area contributed by atoms with E-state index in [1.807, 2.05) is 0 Å². The van der Waals surface area contributed by atoms with Crippen LogP contribution in [0.1, 0.15) is 32.3 Å². The second-order valence-corrected chi connectivity index (χ2v) is 6.12. The van der Waals surface area contributed by atoms with Crippen molar-refractivity contribution in [3.63, 3.8) is 0 Å². The topological polar surface area (TPSA) is 24.5 Å². The fraction of sp³-hybridized carbons (Fsp3) is 0.625. The number of nitrogens with zero attached hydrogens (tertiary/aromatic N) is 1. The van der Waals surface area contributed by atoms with Crippen molar-refractivity contribution < 1.29 is 4.74 Å². The molecule has 1 aromatic rings. The molecule has 1 aromatic carbocycles. The minimum Gasteiger partial charge on any atom is -0.489 e. The molecule has 1 aliphatic carbocycles. The first kappa shape index (κ1) is 12.8. The molecule has 19 heavy (non-hydrogen) atoms. The van der Waals surface area contributed by atoms with Crippen LogP contribution in [-0.4, -0.2) is 30.6 Å². The molecule has 0 aromatic heterocycles. The van der Waals surface area contributed by atoms with E-state index in [9.17, 15) is 0 Å². The molecule has 0 amide bonds. The molecule has 1 saturated carbocycles. The summed E-state index contributed by atoms with van der Waals surface area (Å²) in [7, 11) is 0. The predicted octanol–water partition coefficient (Wildman–Crippen LogP) is 3.11. The average molecular weight is 260 g/mol. The molecule has 0 bridgehead atoms. The maximum absolute atomic E-state index is 5.87. The summed E-state index contributed by atoms with van der Waals surface area (Å²) >= 11 is 0. The Morgan fingerprint density at radius 1 is 1.37 bits per heavy atom. The van der Waals surface area contributed by atoms with Crippen LogP contribution in [0.25, 0.3) is 0 Å². The van der Waals surface area contributed by atoms with Crippen LogP contribution in [0.15, 0.2) is 18.2 Å². The van der Waals surface area contributed by atoms with Gasteiger partial charge in [0.15, 0.2) is 0 Å². The number of ether oxygens (including phenoxy) is 1. The number of nitrogens with one attached hydrogen (secondary N) is 1. The minimum absolute atomic E-state index is 0.721. The summed E-state index contributed by atoms with van der Waals surface area (Å²) in [6.45, 7) is 8.49. The van der Waals surface area contributed by atoms with Gasteiger partial charge in [0.25, 0.3) is 0 Å². The van der Waals surface area contributed by atoms with Crippen molar-refractivity contribution in [1.82, 2.24) is 4.90 Å². The highest BCUT2D eigenvalue weighted by Gasteiger charge is 2.30. The Kier molecular flexibility index (Phi) is 3.65. The Bertz CT molecular complexity index is 440. The van der Waals surface area contributed by atoms with Crippen LogP contribution >= 0.6 is 0 Å². The van der Waals surface area contributed by atoms with Gasteiger partial charge in [0.05, 0.1) is 5.69 Å². The molecule has 104 valence electrons. The zero-order valence-corrected chi connectivity index (χ0v) is 12.0. The zero-order valence-electron chi connectivity index (χ0n) is 12.0. The summed E-state index contributed by atoms with van der Waals surface area (Å²) in [6.07, 6.45) is 2.72. The van der Waals surface area contributed by atoms with Gasteiger partial charge in [0.2, 0.25) is 0 Å². The standard InChI is InChI=1S/C16H24N2O/c1-12(2)10-18(14-6-7-14)11-13-4-3-5-15-16(13)19-9-8-17-15/h3-5,12,14,17H,6-11H2,1-2H3. The predicted molar refractivity (Wildman–Crippen MR) is 78.7 cm³/mol.